The average Bonchev–Trinajstić information content (AvgIpc) is 2.40. The molecule has 1 aromatic carbocycles. The molecule has 0 bridgehead atoms. The number of aromatic nitrogens is 2. The van der Waals surface area contributed by atoms with Gasteiger partial charge in [-0.1, -0.05) is 0 Å². The largest absolute Gasteiger partial charge is 0.494 e. The summed E-state index contributed by atoms with van der Waals surface area (Å²) in [6, 6.07) is 3.58. The molecule has 0 saturated carbocycles. The van der Waals surface area contributed by atoms with E-state index in [0.29, 0.717) is 0 Å². The van der Waals surface area contributed by atoms with Gasteiger partial charge in [0, 0.05) is 6.07 Å². The van der Waals surface area contributed by atoms with Crippen molar-refractivity contribution in [1.29, 1.82) is 5.26 Å². The summed E-state index contributed by atoms with van der Waals surface area (Å²) in [6.07, 6.45) is 1.15. The molecule has 5 nitrogen and oxygen atoms in total. The lowest BCUT2D eigenvalue weighted by Crippen LogP contribution is -2.01. The Balaban J connectivity index is 2.57. The molecule has 0 unspecified atom stereocenters. The molecule has 0 saturated heterocycles. The molecule has 0 amide bonds. The number of nitriles is 1. The lowest BCUT2D eigenvalue weighted by atomic mass is 10.1. The van der Waals surface area contributed by atoms with Gasteiger partial charge in [-0.25, -0.2) is 18.7 Å². The summed E-state index contributed by atoms with van der Waals surface area (Å²) in [6.45, 7) is 0. The lowest BCUT2D eigenvalue weighted by molar-refractivity contribution is 0.383. The van der Waals surface area contributed by atoms with Gasteiger partial charge in [-0.15, -0.1) is 0 Å². The molecule has 0 atom stereocenters. The molecule has 2 aromatic rings. The van der Waals surface area contributed by atoms with Crippen molar-refractivity contribution < 1.29 is 13.5 Å². The quantitative estimate of drug-likeness (QED) is 0.893. The second-order valence-electron chi connectivity index (χ2n) is 3.57. The topological polar surface area (TPSA) is 84.8 Å². The van der Waals surface area contributed by atoms with Crippen LogP contribution in [0, 0.1) is 23.0 Å². The van der Waals surface area contributed by atoms with Crippen LogP contribution in [0.5, 0.6) is 5.75 Å². The van der Waals surface area contributed by atoms with Gasteiger partial charge >= 0.3 is 0 Å². The number of anilines is 1. The van der Waals surface area contributed by atoms with Crippen LogP contribution >= 0.6 is 0 Å². The number of rotatable bonds is 2. The van der Waals surface area contributed by atoms with Crippen LogP contribution in [0.4, 0.5) is 14.6 Å². The third kappa shape index (κ3) is 2.28. The molecule has 0 spiro atoms. The molecular formula is C12H8F2N4O. The smallest absolute Gasteiger partial charge is 0.165 e. The van der Waals surface area contributed by atoms with Gasteiger partial charge in [0.15, 0.2) is 17.4 Å². The standard InChI is InChI=1S/C12H8F2N4O/c1-19-10-3-8(13)7(2-9(10)14)12-17-5-6(4-15)11(16)18-12/h2-3,5H,1H3,(H2,16,17,18). The maximum Gasteiger partial charge on any atom is 0.165 e. The Hall–Kier alpha value is -2.75. The molecule has 1 heterocycles. The minimum atomic E-state index is -0.748. The fourth-order valence-corrected chi connectivity index (χ4v) is 1.47. The Kier molecular flexibility index (Phi) is 3.25. The van der Waals surface area contributed by atoms with Crippen LogP contribution < -0.4 is 10.5 Å². The molecular weight excluding hydrogens is 254 g/mol. The Morgan fingerprint density at radius 1 is 1.32 bits per heavy atom. The number of nitrogens with two attached hydrogens (primary N) is 1. The number of ether oxygens (including phenoxy) is 1. The van der Waals surface area contributed by atoms with Crippen molar-refractivity contribution in [3.05, 3.63) is 35.5 Å². The highest BCUT2D eigenvalue weighted by Crippen LogP contribution is 2.27. The van der Waals surface area contributed by atoms with Crippen molar-refractivity contribution in [3.63, 3.8) is 0 Å². The van der Waals surface area contributed by atoms with E-state index >= 15 is 0 Å². The summed E-state index contributed by atoms with van der Waals surface area (Å²) >= 11 is 0. The van der Waals surface area contributed by atoms with E-state index in [4.69, 9.17) is 11.0 Å². The van der Waals surface area contributed by atoms with Crippen LogP contribution in [0.3, 0.4) is 0 Å². The van der Waals surface area contributed by atoms with Crippen molar-refractivity contribution in [2.24, 2.45) is 0 Å². The van der Waals surface area contributed by atoms with Crippen molar-refractivity contribution in [2.75, 3.05) is 12.8 Å². The Bertz CT molecular complexity index is 682. The second kappa shape index (κ2) is 4.86. The van der Waals surface area contributed by atoms with Crippen LogP contribution in [0.25, 0.3) is 11.4 Å². The summed E-state index contributed by atoms with van der Waals surface area (Å²) < 4.78 is 32.0. The van der Waals surface area contributed by atoms with Crippen LogP contribution in [0.1, 0.15) is 5.56 Å². The molecule has 0 aliphatic heterocycles. The number of methoxy groups -OCH3 is 1. The van der Waals surface area contributed by atoms with E-state index in [9.17, 15) is 8.78 Å². The number of benzene rings is 1. The van der Waals surface area contributed by atoms with E-state index in [1.54, 1.807) is 6.07 Å². The molecule has 1 aromatic heterocycles. The van der Waals surface area contributed by atoms with Crippen LogP contribution in [-0.2, 0) is 0 Å². The zero-order valence-electron chi connectivity index (χ0n) is 9.82. The fraction of sp³-hybridized carbons (Fsp3) is 0.0833. The van der Waals surface area contributed by atoms with E-state index < -0.39 is 11.6 Å². The number of hydrogen-bond acceptors (Lipinski definition) is 5. The first kappa shape index (κ1) is 12.7. The predicted molar refractivity (Wildman–Crippen MR) is 63.1 cm³/mol. The Labute approximate surface area is 107 Å². The third-order valence-corrected chi connectivity index (χ3v) is 2.42. The summed E-state index contributed by atoms with van der Waals surface area (Å²) in [5.74, 6) is -1.91. The zero-order chi connectivity index (χ0) is 14.0. The van der Waals surface area contributed by atoms with Crippen molar-refractivity contribution in [3.8, 4) is 23.2 Å². The van der Waals surface area contributed by atoms with Gasteiger partial charge in [0.05, 0.1) is 18.9 Å². The summed E-state index contributed by atoms with van der Waals surface area (Å²) in [5.41, 5.74) is 5.41. The fourth-order valence-electron chi connectivity index (χ4n) is 1.47. The van der Waals surface area contributed by atoms with Crippen molar-refractivity contribution in [2.45, 2.75) is 0 Å². The minimum absolute atomic E-state index is 0.0677. The van der Waals surface area contributed by atoms with Gasteiger partial charge in [0.25, 0.3) is 0 Å². The van der Waals surface area contributed by atoms with E-state index in [0.717, 1.165) is 18.3 Å². The highest BCUT2D eigenvalue weighted by atomic mass is 19.1. The molecule has 19 heavy (non-hydrogen) atoms. The maximum absolute atomic E-state index is 13.8. The van der Waals surface area contributed by atoms with Gasteiger partial charge in [-0.05, 0) is 6.07 Å². The van der Waals surface area contributed by atoms with Crippen LogP contribution in [0.15, 0.2) is 18.3 Å². The van der Waals surface area contributed by atoms with Crippen LogP contribution in [-0.4, -0.2) is 17.1 Å². The molecule has 2 N–H and O–H groups in total. The molecule has 0 fully saturated rings. The van der Waals surface area contributed by atoms with Gasteiger partial charge in [0.2, 0.25) is 0 Å². The normalized spacial score (nSPS) is 10.0. The van der Waals surface area contributed by atoms with E-state index in [-0.39, 0.29) is 28.5 Å². The SMILES string of the molecule is COc1cc(F)c(-c2ncc(C#N)c(N)n2)cc1F. The van der Waals surface area contributed by atoms with E-state index in [1.165, 1.54) is 7.11 Å². The van der Waals surface area contributed by atoms with Crippen molar-refractivity contribution in [1.82, 2.24) is 9.97 Å². The predicted octanol–water partition coefficient (Wildman–Crippen LogP) is 1.88. The molecule has 7 heteroatoms. The van der Waals surface area contributed by atoms with E-state index in [1.807, 2.05) is 0 Å². The monoisotopic (exact) mass is 262 g/mol. The number of nitrogens with zero attached hydrogens (tertiary/aromatic N) is 3. The van der Waals surface area contributed by atoms with Gasteiger partial charge < -0.3 is 10.5 Å². The number of halogens is 2. The highest BCUT2D eigenvalue weighted by molar-refractivity contribution is 5.61. The first-order chi connectivity index (χ1) is 9.06. The lowest BCUT2D eigenvalue weighted by Gasteiger charge is -2.07. The summed E-state index contributed by atoms with van der Waals surface area (Å²) in [4.78, 5) is 7.55. The molecule has 96 valence electrons. The first-order valence-electron chi connectivity index (χ1n) is 5.13. The Morgan fingerprint density at radius 3 is 2.63 bits per heavy atom. The first-order valence-corrected chi connectivity index (χ1v) is 5.13. The average molecular weight is 262 g/mol. The van der Waals surface area contributed by atoms with Gasteiger partial charge in [0.1, 0.15) is 23.3 Å². The number of hydrogen-bond donors (Lipinski definition) is 1. The molecule has 0 radical (unpaired) electrons. The van der Waals surface area contributed by atoms with Crippen molar-refractivity contribution >= 4 is 5.82 Å². The van der Waals surface area contributed by atoms with E-state index in [2.05, 4.69) is 14.7 Å². The maximum atomic E-state index is 13.8. The zero-order valence-corrected chi connectivity index (χ0v) is 9.82. The summed E-state index contributed by atoms with van der Waals surface area (Å²) in [7, 11) is 1.23. The van der Waals surface area contributed by atoms with Crippen LogP contribution in [0.2, 0.25) is 0 Å². The molecule has 2 rings (SSSR count). The molecule has 0 aliphatic carbocycles. The number of nitrogen functional groups attached to an aromatic ring is 1. The third-order valence-electron chi connectivity index (χ3n) is 2.42. The Morgan fingerprint density at radius 2 is 2.05 bits per heavy atom. The van der Waals surface area contributed by atoms with Gasteiger partial charge in [-0.2, -0.15) is 5.26 Å². The summed E-state index contributed by atoms with van der Waals surface area (Å²) in [5, 5.41) is 8.69. The molecule has 0 aliphatic rings. The second-order valence-corrected chi connectivity index (χ2v) is 3.57. The minimum Gasteiger partial charge on any atom is -0.494 e. The van der Waals surface area contributed by atoms with Gasteiger partial charge in [-0.3, -0.25) is 0 Å². The highest BCUT2D eigenvalue weighted by Gasteiger charge is 2.15.